The Morgan fingerprint density at radius 1 is 0.403 bits per heavy atom. The topological polar surface area (TPSA) is 95.9 Å². The largest absolute Gasteiger partial charge is 0.466 e. The van der Waals surface area contributed by atoms with Crippen LogP contribution in [-0.2, 0) is 14.3 Å². The minimum Gasteiger partial charge on any atom is -0.466 e. The Hall–Kier alpha value is -1.92. The predicted molar refractivity (Wildman–Crippen MR) is 292 cm³/mol. The summed E-state index contributed by atoms with van der Waals surface area (Å²) in [6.45, 7) is 4.89. The van der Waals surface area contributed by atoms with Crippen LogP contribution >= 0.6 is 0 Å². The smallest absolute Gasteiger partial charge is 0.305 e. The predicted octanol–water partition coefficient (Wildman–Crippen LogP) is 18.4. The summed E-state index contributed by atoms with van der Waals surface area (Å²) in [6, 6.07) is -0.634. The summed E-state index contributed by atoms with van der Waals surface area (Å²) in [4.78, 5) is 24.5. The molecule has 0 aromatic heterocycles. The van der Waals surface area contributed by atoms with Crippen molar-refractivity contribution in [3.05, 3.63) is 36.5 Å². The lowest BCUT2D eigenvalue weighted by molar-refractivity contribution is -0.143. The molecular formula is C61H115NO5. The first kappa shape index (κ1) is 65.1. The number of unbranched alkanes of at least 4 members (excludes halogenated alkanes) is 40. The van der Waals surface area contributed by atoms with Crippen molar-refractivity contribution in [1.82, 2.24) is 5.32 Å². The number of allylic oxidation sites excluding steroid dienone is 5. The van der Waals surface area contributed by atoms with Crippen molar-refractivity contribution < 1.29 is 24.5 Å². The maximum atomic E-state index is 12.5. The van der Waals surface area contributed by atoms with E-state index >= 15 is 0 Å². The number of amides is 1. The Kier molecular flexibility index (Phi) is 55.0. The summed E-state index contributed by atoms with van der Waals surface area (Å²) in [7, 11) is 0. The molecule has 0 aliphatic heterocycles. The molecule has 67 heavy (non-hydrogen) atoms. The van der Waals surface area contributed by atoms with E-state index in [0.29, 0.717) is 19.4 Å². The van der Waals surface area contributed by atoms with Crippen molar-refractivity contribution in [2.75, 3.05) is 13.2 Å². The van der Waals surface area contributed by atoms with Gasteiger partial charge in [-0.3, -0.25) is 9.59 Å². The SMILES string of the molecule is CCCCCC/C=C\CCCCCCCC(=O)OCCCCCCCCCCCC/C=C\CCCCCCCCCC(=O)NC(CO)C(O)/C=C/CCCCCCCCCCCCCCCC. The third kappa shape index (κ3) is 53.3. The summed E-state index contributed by atoms with van der Waals surface area (Å²) < 4.78 is 5.47. The molecule has 6 heteroatoms. The summed E-state index contributed by atoms with van der Waals surface area (Å²) in [5.74, 6) is -0.0767. The molecular weight excluding hydrogens is 827 g/mol. The second-order valence-corrected chi connectivity index (χ2v) is 20.3. The van der Waals surface area contributed by atoms with Gasteiger partial charge in [0.15, 0.2) is 0 Å². The Morgan fingerprint density at radius 3 is 1.07 bits per heavy atom. The van der Waals surface area contributed by atoms with Crippen LogP contribution in [0.1, 0.15) is 316 Å². The number of carbonyl (C=O) groups excluding carboxylic acids is 2. The highest BCUT2D eigenvalue weighted by molar-refractivity contribution is 5.76. The van der Waals surface area contributed by atoms with Crippen LogP contribution in [0.25, 0.3) is 0 Å². The van der Waals surface area contributed by atoms with E-state index in [1.54, 1.807) is 6.08 Å². The van der Waals surface area contributed by atoms with E-state index in [9.17, 15) is 19.8 Å². The number of esters is 1. The summed E-state index contributed by atoms with van der Waals surface area (Å²) in [5, 5.41) is 23.1. The minimum atomic E-state index is -0.849. The van der Waals surface area contributed by atoms with Gasteiger partial charge in [-0.25, -0.2) is 0 Å². The Labute approximate surface area is 417 Å². The van der Waals surface area contributed by atoms with Gasteiger partial charge in [0.25, 0.3) is 0 Å². The molecule has 0 fully saturated rings. The zero-order chi connectivity index (χ0) is 48.6. The van der Waals surface area contributed by atoms with E-state index in [4.69, 9.17) is 4.74 Å². The van der Waals surface area contributed by atoms with Crippen LogP contribution in [0.15, 0.2) is 36.5 Å². The van der Waals surface area contributed by atoms with Gasteiger partial charge in [0.05, 0.1) is 25.4 Å². The molecule has 3 N–H and O–H groups in total. The average molecular weight is 943 g/mol. The van der Waals surface area contributed by atoms with Crippen LogP contribution in [0.4, 0.5) is 0 Å². The minimum absolute atomic E-state index is 0.00185. The highest BCUT2D eigenvalue weighted by Gasteiger charge is 2.18. The number of hydrogen-bond acceptors (Lipinski definition) is 5. The van der Waals surface area contributed by atoms with Crippen LogP contribution in [0.3, 0.4) is 0 Å². The van der Waals surface area contributed by atoms with Gasteiger partial charge in [-0.1, -0.05) is 256 Å². The number of aliphatic hydroxyl groups is 2. The number of ether oxygens (including phenoxy) is 1. The van der Waals surface area contributed by atoms with Crippen LogP contribution in [0.2, 0.25) is 0 Å². The van der Waals surface area contributed by atoms with Crippen molar-refractivity contribution in [3.63, 3.8) is 0 Å². The van der Waals surface area contributed by atoms with Crippen LogP contribution in [-0.4, -0.2) is 47.4 Å². The summed E-state index contributed by atoms with van der Waals surface area (Å²) >= 11 is 0. The highest BCUT2D eigenvalue weighted by Crippen LogP contribution is 2.16. The first-order valence-electron chi connectivity index (χ1n) is 29.8. The number of rotatable bonds is 55. The number of hydrogen-bond donors (Lipinski definition) is 3. The molecule has 0 radical (unpaired) electrons. The first-order chi connectivity index (χ1) is 33.0. The second kappa shape index (κ2) is 56.7. The fourth-order valence-electron chi connectivity index (χ4n) is 9.03. The van der Waals surface area contributed by atoms with Crippen molar-refractivity contribution >= 4 is 11.9 Å². The Morgan fingerprint density at radius 2 is 0.701 bits per heavy atom. The maximum absolute atomic E-state index is 12.5. The van der Waals surface area contributed by atoms with E-state index in [2.05, 4.69) is 43.5 Å². The van der Waals surface area contributed by atoms with Gasteiger partial charge >= 0.3 is 5.97 Å². The van der Waals surface area contributed by atoms with Crippen molar-refractivity contribution in [1.29, 1.82) is 0 Å². The van der Waals surface area contributed by atoms with Gasteiger partial charge in [-0.2, -0.15) is 0 Å². The van der Waals surface area contributed by atoms with Gasteiger partial charge in [-0.15, -0.1) is 0 Å². The first-order valence-corrected chi connectivity index (χ1v) is 29.8. The van der Waals surface area contributed by atoms with Crippen LogP contribution in [0.5, 0.6) is 0 Å². The van der Waals surface area contributed by atoms with E-state index in [-0.39, 0.29) is 18.5 Å². The van der Waals surface area contributed by atoms with Gasteiger partial charge in [0, 0.05) is 12.8 Å². The lowest BCUT2D eigenvalue weighted by atomic mass is 10.0. The number of carbonyl (C=O) groups is 2. The molecule has 0 saturated carbocycles. The molecule has 0 aromatic carbocycles. The molecule has 394 valence electrons. The lowest BCUT2D eigenvalue weighted by Gasteiger charge is -2.20. The zero-order valence-corrected chi connectivity index (χ0v) is 44.9. The molecule has 0 bridgehead atoms. The molecule has 0 spiro atoms. The van der Waals surface area contributed by atoms with Crippen molar-refractivity contribution in [2.45, 2.75) is 328 Å². The third-order valence-corrected chi connectivity index (χ3v) is 13.6. The summed E-state index contributed by atoms with van der Waals surface area (Å²) in [5.41, 5.74) is 0. The van der Waals surface area contributed by atoms with Gasteiger partial charge in [-0.05, 0) is 83.5 Å². The number of aliphatic hydroxyl groups excluding tert-OH is 2. The van der Waals surface area contributed by atoms with Gasteiger partial charge in [0.2, 0.25) is 5.91 Å². The monoisotopic (exact) mass is 942 g/mol. The van der Waals surface area contributed by atoms with Crippen molar-refractivity contribution in [3.8, 4) is 0 Å². The molecule has 0 aromatic rings. The quantitative estimate of drug-likeness (QED) is 0.0321. The van der Waals surface area contributed by atoms with E-state index in [0.717, 1.165) is 51.4 Å². The molecule has 0 saturated heterocycles. The highest BCUT2D eigenvalue weighted by atomic mass is 16.5. The van der Waals surface area contributed by atoms with E-state index in [1.807, 2.05) is 6.08 Å². The second-order valence-electron chi connectivity index (χ2n) is 20.3. The Balaban J connectivity index is 3.46. The average Bonchev–Trinajstić information content (AvgIpc) is 3.33. The lowest BCUT2D eigenvalue weighted by Crippen LogP contribution is -2.45. The normalized spacial score (nSPS) is 12.8. The van der Waals surface area contributed by atoms with E-state index < -0.39 is 12.1 Å². The molecule has 2 unspecified atom stereocenters. The van der Waals surface area contributed by atoms with Crippen molar-refractivity contribution in [2.24, 2.45) is 0 Å². The molecule has 0 aliphatic rings. The molecule has 0 rings (SSSR count). The van der Waals surface area contributed by atoms with Crippen LogP contribution in [0, 0.1) is 0 Å². The van der Waals surface area contributed by atoms with Gasteiger partial charge < -0.3 is 20.3 Å². The molecule has 2 atom stereocenters. The van der Waals surface area contributed by atoms with Crippen LogP contribution < -0.4 is 5.32 Å². The summed E-state index contributed by atoms with van der Waals surface area (Å²) in [6.07, 6.45) is 70.3. The Bertz CT molecular complexity index is 1090. The number of nitrogens with one attached hydrogen (secondary N) is 1. The molecule has 0 heterocycles. The standard InChI is InChI=1S/C61H115NO5/c1-3-5-7-9-11-13-15-17-18-26-30-33-37-41-45-49-53-59(64)58(57-63)62-60(65)54-50-46-42-38-34-31-27-24-22-20-19-21-23-25-28-32-36-40-44-48-52-56-67-61(66)55-51-47-43-39-35-29-16-14-12-10-8-6-4-2/h14,16,20,22,49,53,58-59,63-64H,3-13,15,17-19,21,23-48,50-52,54-57H2,1-2H3,(H,62,65)/b16-14-,22-20-,53-49+. The fourth-order valence-corrected chi connectivity index (χ4v) is 9.03. The molecule has 0 aliphatic carbocycles. The molecule has 1 amide bonds. The molecule has 6 nitrogen and oxygen atoms in total. The zero-order valence-electron chi connectivity index (χ0n) is 44.9. The maximum Gasteiger partial charge on any atom is 0.305 e. The van der Waals surface area contributed by atoms with Gasteiger partial charge in [0.1, 0.15) is 0 Å². The third-order valence-electron chi connectivity index (χ3n) is 13.6. The fraction of sp³-hybridized carbons (Fsp3) is 0.869. The van der Waals surface area contributed by atoms with E-state index in [1.165, 1.54) is 238 Å².